The van der Waals surface area contributed by atoms with E-state index in [0.29, 0.717) is 12.3 Å². The molecule has 3 aromatic rings. The lowest BCUT2D eigenvalue weighted by molar-refractivity contribution is -0.116. The van der Waals surface area contributed by atoms with Crippen LogP contribution in [0.5, 0.6) is 0 Å². The van der Waals surface area contributed by atoms with E-state index in [1.54, 1.807) is 41.7 Å². The van der Waals surface area contributed by atoms with Crippen LogP contribution in [0.1, 0.15) is 16.2 Å². The molecule has 3 rings (SSSR count). The molecular formula is C19H18N2O4S2. The Balaban J connectivity index is 1.55. The smallest absolute Gasteiger partial charge is 0.244 e. The van der Waals surface area contributed by atoms with Crippen LogP contribution in [0.25, 0.3) is 6.08 Å². The first-order chi connectivity index (χ1) is 13.0. The zero-order valence-corrected chi connectivity index (χ0v) is 15.9. The van der Waals surface area contributed by atoms with Crippen LogP contribution < -0.4 is 10.0 Å². The molecule has 0 fully saturated rings. The molecule has 0 atom stereocenters. The molecule has 6 nitrogen and oxygen atoms in total. The summed E-state index contributed by atoms with van der Waals surface area (Å²) in [6, 6.07) is 13.5. The minimum absolute atomic E-state index is 0.0847. The van der Waals surface area contributed by atoms with Crippen LogP contribution in [0.2, 0.25) is 0 Å². The minimum atomic E-state index is -3.63. The third-order valence-corrected chi connectivity index (χ3v) is 5.94. The molecule has 0 radical (unpaired) electrons. The number of nitrogens with one attached hydrogen (secondary N) is 2. The number of furan rings is 1. The Morgan fingerprint density at radius 3 is 2.56 bits per heavy atom. The Labute approximate surface area is 161 Å². The van der Waals surface area contributed by atoms with Crippen LogP contribution in [-0.2, 0) is 27.9 Å². The molecule has 2 aromatic heterocycles. The van der Waals surface area contributed by atoms with Gasteiger partial charge in [-0.1, -0.05) is 18.2 Å². The summed E-state index contributed by atoms with van der Waals surface area (Å²) in [4.78, 5) is 13.1. The average molecular weight is 402 g/mol. The van der Waals surface area contributed by atoms with E-state index in [1.165, 1.54) is 24.5 Å². The molecule has 8 heteroatoms. The lowest BCUT2D eigenvalue weighted by Gasteiger charge is -2.05. The lowest BCUT2D eigenvalue weighted by Crippen LogP contribution is -2.22. The molecule has 0 aliphatic carbocycles. The fourth-order valence-electron chi connectivity index (χ4n) is 2.24. The summed E-state index contributed by atoms with van der Waals surface area (Å²) < 4.78 is 32.1. The van der Waals surface area contributed by atoms with Gasteiger partial charge in [0.15, 0.2) is 0 Å². The molecule has 2 heterocycles. The first-order valence-corrected chi connectivity index (χ1v) is 10.5. The highest BCUT2D eigenvalue weighted by Crippen LogP contribution is 2.13. The predicted octanol–water partition coefficient (Wildman–Crippen LogP) is 3.15. The standard InChI is InChI=1S/C19H18N2O4S2/c22-19(20-14-17-4-2-12-26-17)10-7-15-5-8-18(9-6-15)27(23,24)21-13-16-3-1-11-25-16/h1-12,21H,13-14H2,(H,20,22)/b10-7+. The van der Waals surface area contributed by atoms with Crippen LogP contribution >= 0.6 is 11.3 Å². The SMILES string of the molecule is O=C(/C=C/c1ccc(S(=O)(=O)NCc2ccco2)cc1)NCc1cccs1. The van der Waals surface area contributed by atoms with Gasteiger partial charge in [0.25, 0.3) is 0 Å². The Kier molecular flexibility index (Phi) is 6.23. The van der Waals surface area contributed by atoms with Gasteiger partial charge in [0.1, 0.15) is 5.76 Å². The second-order valence-corrected chi connectivity index (χ2v) is 8.40. The van der Waals surface area contributed by atoms with Gasteiger partial charge in [-0.3, -0.25) is 4.79 Å². The van der Waals surface area contributed by atoms with Gasteiger partial charge >= 0.3 is 0 Å². The van der Waals surface area contributed by atoms with Crippen molar-refractivity contribution in [1.29, 1.82) is 0 Å². The number of sulfonamides is 1. The summed E-state index contributed by atoms with van der Waals surface area (Å²) in [6.45, 7) is 0.570. The molecule has 0 saturated heterocycles. The summed E-state index contributed by atoms with van der Waals surface area (Å²) in [5.74, 6) is 0.326. The maximum absolute atomic E-state index is 12.3. The third-order valence-electron chi connectivity index (χ3n) is 3.65. The van der Waals surface area contributed by atoms with Crippen molar-refractivity contribution in [3.05, 3.63) is 82.5 Å². The second-order valence-electron chi connectivity index (χ2n) is 5.60. The number of rotatable bonds is 8. The van der Waals surface area contributed by atoms with Gasteiger partial charge < -0.3 is 9.73 Å². The van der Waals surface area contributed by atoms with Crippen molar-refractivity contribution in [1.82, 2.24) is 10.0 Å². The maximum atomic E-state index is 12.3. The molecule has 27 heavy (non-hydrogen) atoms. The fraction of sp³-hybridized carbons (Fsp3) is 0.105. The average Bonchev–Trinajstić information content (AvgIpc) is 3.37. The lowest BCUT2D eigenvalue weighted by atomic mass is 10.2. The number of hydrogen-bond donors (Lipinski definition) is 2. The number of thiophene rings is 1. The molecule has 2 N–H and O–H groups in total. The van der Waals surface area contributed by atoms with E-state index in [4.69, 9.17) is 4.42 Å². The van der Waals surface area contributed by atoms with Crippen LogP contribution in [0, 0.1) is 0 Å². The fourth-order valence-corrected chi connectivity index (χ4v) is 3.88. The molecular weight excluding hydrogens is 384 g/mol. The second kappa shape index (κ2) is 8.81. The Hall–Kier alpha value is -2.68. The summed E-state index contributed by atoms with van der Waals surface area (Å²) in [6.07, 6.45) is 4.55. The van der Waals surface area contributed by atoms with Crippen LogP contribution in [0.15, 0.2) is 75.6 Å². The van der Waals surface area contributed by atoms with Gasteiger partial charge in [-0.25, -0.2) is 13.1 Å². The highest BCUT2D eigenvalue weighted by Gasteiger charge is 2.13. The number of amides is 1. The van der Waals surface area contributed by atoms with E-state index >= 15 is 0 Å². The molecule has 0 unspecified atom stereocenters. The van der Waals surface area contributed by atoms with E-state index in [-0.39, 0.29) is 17.3 Å². The van der Waals surface area contributed by atoms with Crippen molar-refractivity contribution in [2.45, 2.75) is 18.0 Å². The highest BCUT2D eigenvalue weighted by molar-refractivity contribution is 7.89. The van der Waals surface area contributed by atoms with Gasteiger partial charge in [-0.15, -0.1) is 11.3 Å². The predicted molar refractivity (Wildman–Crippen MR) is 104 cm³/mol. The number of hydrogen-bond acceptors (Lipinski definition) is 5. The van der Waals surface area contributed by atoms with E-state index < -0.39 is 10.0 Å². The van der Waals surface area contributed by atoms with Crippen molar-refractivity contribution >= 4 is 33.3 Å². The van der Waals surface area contributed by atoms with E-state index in [1.807, 2.05) is 17.5 Å². The normalized spacial score (nSPS) is 11.7. The van der Waals surface area contributed by atoms with Gasteiger partial charge in [-0.2, -0.15) is 0 Å². The number of carbonyl (C=O) groups is 1. The largest absolute Gasteiger partial charge is 0.468 e. The van der Waals surface area contributed by atoms with Gasteiger partial charge in [0, 0.05) is 11.0 Å². The summed E-state index contributed by atoms with van der Waals surface area (Å²) in [5.41, 5.74) is 0.728. The molecule has 0 bridgehead atoms. The molecule has 1 aromatic carbocycles. The van der Waals surface area contributed by atoms with Crippen molar-refractivity contribution in [2.75, 3.05) is 0 Å². The van der Waals surface area contributed by atoms with Gasteiger partial charge in [0.05, 0.1) is 24.2 Å². The molecule has 1 amide bonds. The van der Waals surface area contributed by atoms with E-state index in [2.05, 4.69) is 10.0 Å². The summed E-state index contributed by atoms with van der Waals surface area (Å²) in [5, 5.41) is 4.75. The third kappa shape index (κ3) is 5.65. The summed E-state index contributed by atoms with van der Waals surface area (Å²) >= 11 is 1.58. The monoisotopic (exact) mass is 402 g/mol. The summed E-state index contributed by atoms with van der Waals surface area (Å²) in [7, 11) is -3.63. The van der Waals surface area contributed by atoms with Crippen LogP contribution in [0.3, 0.4) is 0 Å². The van der Waals surface area contributed by atoms with E-state index in [0.717, 1.165) is 10.4 Å². The number of carbonyl (C=O) groups excluding carboxylic acids is 1. The zero-order chi connectivity index (χ0) is 19.1. The molecule has 0 aliphatic rings. The van der Waals surface area contributed by atoms with Crippen molar-refractivity contribution < 1.29 is 17.6 Å². The Morgan fingerprint density at radius 1 is 1.07 bits per heavy atom. The van der Waals surface area contributed by atoms with Crippen molar-refractivity contribution in [2.24, 2.45) is 0 Å². The first kappa shape index (κ1) is 19.1. The molecule has 0 aliphatic heterocycles. The minimum Gasteiger partial charge on any atom is -0.468 e. The number of benzene rings is 1. The molecule has 140 valence electrons. The highest BCUT2D eigenvalue weighted by atomic mass is 32.2. The van der Waals surface area contributed by atoms with Crippen LogP contribution in [0.4, 0.5) is 0 Å². The van der Waals surface area contributed by atoms with E-state index in [9.17, 15) is 13.2 Å². The molecule has 0 spiro atoms. The Bertz CT molecular complexity index is 991. The van der Waals surface area contributed by atoms with Crippen LogP contribution in [-0.4, -0.2) is 14.3 Å². The van der Waals surface area contributed by atoms with Crippen molar-refractivity contribution in [3.8, 4) is 0 Å². The Morgan fingerprint density at radius 2 is 1.89 bits per heavy atom. The molecule has 0 saturated carbocycles. The topological polar surface area (TPSA) is 88.4 Å². The quantitative estimate of drug-likeness (QED) is 0.567. The van der Waals surface area contributed by atoms with Crippen molar-refractivity contribution in [3.63, 3.8) is 0 Å². The van der Waals surface area contributed by atoms with Gasteiger partial charge in [0.2, 0.25) is 15.9 Å². The first-order valence-electron chi connectivity index (χ1n) is 8.13. The maximum Gasteiger partial charge on any atom is 0.244 e. The zero-order valence-electron chi connectivity index (χ0n) is 14.3. The van der Waals surface area contributed by atoms with Gasteiger partial charge in [-0.05, 0) is 47.4 Å².